The number of aliphatic carboxylic acids is 1. The summed E-state index contributed by atoms with van der Waals surface area (Å²) in [4.78, 5) is 17.1. The van der Waals surface area contributed by atoms with Crippen molar-refractivity contribution in [3.05, 3.63) is 30.1 Å². The number of nitrogens with zero attached hydrogens (tertiary/aromatic N) is 2. The summed E-state index contributed by atoms with van der Waals surface area (Å²) in [5.74, 6) is -0.866. The van der Waals surface area contributed by atoms with Crippen LogP contribution in [0.1, 0.15) is 18.4 Å². The van der Waals surface area contributed by atoms with Crippen molar-refractivity contribution < 1.29 is 9.90 Å². The highest BCUT2D eigenvalue weighted by Gasteiger charge is 2.24. The molecule has 4 heteroatoms. The third kappa shape index (κ3) is 2.79. The van der Waals surface area contributed by atoms with Gasteiger partial charge in [-0.1, -0.05) is 0 Å². The van der Waals surface area contributed by atoms with Gasteiger partial charge in [-0.25, -0.2) is 0 Å². The van der Waals surface area contributed by atoms with Crippen molar-refractivity contribution in [3.63, 3.8) is 0 Å². The van der Waals surface area contributed by atoms with Gasteiger partial charge in [-0.3, -0.25) is 14.7 Å². The van der Waals surface area contributed by atoms with Gasteiger partial charge in [0.1, 0.15) is 0 Å². The van der Waals surface area contributed by atoms with Crippen LogP contribution in [0.15, 0.2) is 24.5 Å². The van der Waals surface area contributed by atoms with Gasteiger partial charge in [0.2, 0.25) is 0 Å². The summed E-state index contributed by atoms with van der Waals surface area (Å²) >= 11 is 0. The molecule has 86 valence electrons. The number of hydrogen-bond donors (Lipinski definition) is 1. The number of rotatable bonds is 3. The number of hydrogen-bond acceptors (Lipinski definition) is 3. The summed E-state index contributed by atoms with van der Waals surface area (Å²) < 4.78 is 0. The van der Waals surface area contributed by atoms with Crippen LogP contribution in [0.25, 0.3) is 0 Å². The number of carboxylic acid groups (broad SMARTS) is 1. The van der Waals surface area contributed by atoms with E-state index in [1.807, 2.05) is 12.1 Å². The first kappa shape index (κ1) is 11.1. The summed E-state index contributed by atoms with van der Waals surface area (Å²) in [5.41, 5.74) is 1.20. The van der Waals surface area contributed by atoms with E-state index in [0.29, 0.717) is 6.54 Å². The second-order valence-electron chi connectivity index (χ2n) is 4.27. The number of likely N-dealkylation sites (tertiary alicyclic amines) is 1. The molecule has 1 fully saturated rings. The minimum absolute atomic E-state index is 0.199. The van der Waals surface area contributed by atoms with Crippen LogP contribution in [-0.4, -0.2) is 34.0 Å². The predicted molar refractivity (Wildman–Crippen MR) is 59.9 cm³/mol. The Kier molecular flexibility index (Phi) is 3.51. The first-order chi connectivity index (χ1) is 7.75. The average Bonchev–Trinajstić information content (AvgIpc) is 2.30. The molecule has 0 bridgehead atoms. The van der Waals surface area contributed by atoms with E-state index in [2.05, 4.69) is 9.88 Å². The monoisotopic (exact) mass is 220 g/mol. The molecule has 16 heavy (non-hydrogen) atoms. The summed E-state index contributed by atoms with van der Waals surface area (Å²) in [7, 11) is 0. The van der Waals surface area contributed by atoms with Gasteiger partial charge in [-0.15, -0.1) is 0 Å². The van der Waals surface area contributed by atoms with Crippen LogP contribution in [-0.2, 0) is 11.3 Å². The van der Waals surface area contributed by atoms with E-state index in [9.17, 15) is 4.79 Å². The van der Waals surface area contributed by atoms with Gasteiger partial charge in [-0.05, 0) is 37.1 Å². The SMILES string of the molecule is O=C(O)C1CCCN(Cc2ccncc2)C1. The smallest absolute Gasteiger partial charge is 0.307 e. The second-order valence-corrected chi connectivity index (χ2v) is 4.27. The predicted octanol–water partition coefficient (Wildman–Crippen LogP) is 1.38. The number of carboxylic acids is 1. The quantitative estimate of drug-likeness (QED) is 0.836. The van der Waals surface area contributed by atoms with E-state index in [1.54, 1.807) is 12.4 Å². The van der Waals surface area contributed by atoms with Crippen LogP contribution >= 0.6 is 0 Å². The summed E-state index contributed by atoms with van der Waals surface area (Å²) in [6.07, 6.45) is 5.33. The van der Waals surface area contributed by atoms with Crippen molar-refractivity contribution >= 4 is 5.97 Å². The van der Waals surface area contributed by atoms with Crippen LogP contribution < -0.4 is 0 Å². The molecule has 0 aromatic carbocycles. The van der Waals surface area contributed by atoms with E-state index in [4.69, 9.17) is 5.11 Å². The zero-order valence-corrected chi connectivity index (χ0v) is 9.17. The van der Waals surface area contributed by atoms with E-state index in [1.165, 1.54) is 5.56 Å². The molecule has 1 aromatic rings. The van der Waals surface area contributed by atoms with Crippen molar-refractivity contribution in [2.75, 3.05) is 13.1 Å². The normalized spacial score (nSPS) is 21.9. The van der Waals surface area contributed by atoms with Crippen LogP contribution in [0.2, 0.25) is 0 Å². The standard InChI is InChI=1S/C12H16N2O2/c15-12(16)11-2-1-7-14(9-11)8-10-3-5-13-6-4-10/h3-6,11H,1-2,7-9H2,(H,15,16). The largest absolute Gasteiger partial charge is 0.481 e. The molecule has 0 spiro atoms. The molecule has 1 aliphatic heterocycles. The summed E-state index contributed by atoms with van der Waals surface area (Å²) in [6.45, 7) is 2.48. The Morgan fingerprint density at radius 3 is 2.94 bits per heavy atom. The lowest BCUT2D eigenvalue weighted by molar-refractivity contribution is -0.143. The first-order valence-corrected chi connectivity index (χ1v) is 5.60. The molecule has 0 aliphatic carbocycles. The lowest BCUT2D eigenvalue weighted by atomic mass is 9.98. The van der Waals surface area contributed by atoms with E-state index < -0.39 is 5.97 Å². The van der Waals surface area contributed by atoms with E-state index in [-0.39, 0.29) is 5.92 Å². The van der Waals surface area contributed by atoms with Crippen LogP contribution in [0.4, 0.5) is 0 Å². The second kappa shape index (κ2) is 5.07. The highest BCUT2D eigenvalue weighted by Crippen LogP contribution is 2.18. The fourth-order valence-electron chi connectivity index (χ4n) is 2.15. The zero-order chi connectivity index (χ0) is 11.4. The Morgan fingerprint density at radius 2 is 2.25 bits per heavy atom. The molecule has 0 saturated carbocycles. The Morgan fingerprint density at radius 1 is 1.50 bits per heavy atom. The third-order valence-corrected chi connectivity index (χ3v) is 3.01. The highest BCUT2D eigenvalue weighted by atomic mass is 16.4. The molecule has 4 nitrogen and oxygen atoms in total. The van der Waals surface area contributed by atoms with Crippen LogP contribution in [0, 0.1) is 5.92 Å². The molecule has 1 unspecified atom stereocenters. The molecule has 1 N–H and O–H groups in total. The zero-order valence-electron chi connectivity index (χ0n) is 9.17. The third-order valence-electron chi connectivity index (χ3n) is 3.01. The molecule has 0 amide bonds. The Balaban J connectivity index is 1.93. The summed E-state index contributed by atoms with van der Waals surface area (Å²) in [5, 5.41) is 8.99. The van der Waals surface area contributed by atoms with Crippen molar-refractivity contribution in [1.29, 1.82) is 0 Å². The average molecular weight is 220 g/mol. The fraction of sp³-hybridized carbons (Fsp3) is 0.500. The number of piperidine rings is 1. The molecule has 1 aliphatic rings. The van der Waals surface area contributed by atoms with E-state index >= 15 is 0 Å². The first-order valence-electron chi connectivity index (χ1n) is 5.60. The van der Waals surface area contributed by atoms with Crippen molar-refractivity contribution in [2.24, 2.45) is 5.92 Å². The molecule has 1 aromatic heterocycles. The van der Waals surface area contributed by atoms with Gasteiger partial charge in [0, 0.05) is 25.5 Å². The molecular formula is C12H16N2O2. The van der Waals surface area contributed by atoms with E-state index in [0.717, 1.165) is 25.9 Å². The minimum Gasteiger partial charge on any atom is -0.481 e. The van der Waals surface area contributed by atoms with Gasteiger partial charge in [0.15, 0.2) is 0 Å². The fourth-order valence-corrected chi connectivity index (χ4v) is 2.15. The Bertz CT molecular complexity index is 353. The van der Waals surface area contributed by atoms with Crippen LogP contribution in [0.5, 0.6) is 0 Å². The van der Waals surface area contributed by atoms with Crippen molar-refractivity contribution in [3.8, 4) is 0 Å². The topological polar surface area (TPSA) is 53.4 Å². The number of carbonyl (C=O) groups is 1. The number of aromatic nitrogens is 1. The maximum Gasteiger partial charge on any atom is 0.307 e. The lowest BCUT2D eigenvalue weighted by Gasteiger charge is -2.30. The molecule has 2 heterocycles. The Hall–Kier alpha value is -1.42. The van der Waals surface area contributed by atoms with Gasteiger partial charge in [0.25, 0.3) is 0 Å². The molecule has 1 atom stereocenters. The van der Waals surface area contributed by atoms with Gasteiger partial charge in [0.05, 0.1) is 5.92 Å². The van der Waals surface area contributed by atoms with Gasteiger partial charge in [-0.2, -0.15) is 0 Å². The highest BCUT2D eigenvalue weighted by molar-refractivity contribution is 5.70. The number of pyridine rings is 1. The maximum absolute atomic E-state index is 10.9. The van der Waals surface area contributed by atoms with Crippen LogP contribution in [0.3, 0.4) is 0 Å². The minimum atomic E-state index is -0.667. The molecule has 2 rings (SSSR count). The Labute approximate surface area is 94.9 Å². The molecular weight excluding hydrogens is 204 g/mol. The lowest BCUT2D eigenvalue weighted by Crippen LogP contribution is -2.38. The molecule has 0 radical (unpaired) electrons. The maximum atomic E-state index is 10.9. The van der Waals surface area contributed by atoms with Gasteiger partial charge < -0.3 is 5.11 Å². The van der Waals surface area contributed by atoms with Gasteiger partial charge >= 0.3 is 5.97 Å². The summed E-state index contributed by atoms with van der Waals surface area (Å²) in [6, 6.07) is 3.95. The van der Waals surface area contributed by atoms with Crippen molar-refractivity contribution in [2.45, 2.75) is 19.4 Å². The molecule has 1 saturated heterocycles. The van der Waals surface area contributed by atoms with Crippen molar-refractivity contribution in [1.82, 2.24) is 9.88 Å².